The lowest BCUT2D eigenvalue weighted by molar-refractivity contribution is -0.141. The van der Waals surface area contributed by atoms with Gasteiger partial charge in [-0.3, -0.25) is 13.9 Å². The van der Waals surface area contributed by atoms with Gasteiger partial charge in [-0.15, -0.1) is 0 Å². The molecular weight excluding hydrogens is 569 g/mol. The molecule has 1 aliphatic carbocycles. The molecule has 0 heterocycles. The molecule has 3 rings (SSSR count). The highest BCUT2D eigenvalue weighted by molar-refractivity contribution is 7.92. The average molecular weight is 603 g/mol. The highest BCUT2D eigenvalue weighted by Crippen LogP contribution is 2.31. The van der Waals surface area contributed by atoms with Crippen molar-refractivity contribution in [2.24, 2.45) is 0 Å². The van der Waals surface area contributed by atoms with Crippen molar-refractivity contribution in [2.45, 2.75) is 70.5 Å². The van der Waals surface area contributed by atoms with Crippen LogP contribution < -0.4 is 9.62 Å². The molecule has 1 N–H and O–H groups in total. The number of halogens is 3. The van der Waals surface area contributed by atoms with Crippen LogP contribution in [0.15, 0.2) is 42.5 Å². The number of sulfonamides is 1. The smallest absolute Gasteiger partial charge is 0.242 e. The largest absolute Gasteiger partial charge is 0.352 e. The molecule has 2 aromatic rings. The molecule has 0 spiro atoms. The SMILES string of the molecule is CC(C(=O)NC1CCCCC1)N(Cc1ccccc1Cl)C(=O)CCCN(c1cc(Cl)ccc1Cl)S(C)(=O)=O. The fourth-order valence-corrected chi connectivity index (χ4v) is 6.22. The van der Waals surface area contributed by atoms with Crippen LogP contribution in [0.1, 0.15) is 57.4 Å². The Morgan fingerprint density at radius 2 is 1.71 bits per heavy atom. The molecule has 0 bridgehead atoms. The van der Waals surface area contributed by atoms with Crippen molar-refractivity contribution in [2.75, 3.05) is 17.1 Å². The molecule has 0 saturated heterocycles. The van der Waals surface area contributed by atoms with Gasteiger partial charge in [0.25, 0.3) is 0 Å². The third-order valence-electron chi connectivity index (χ3n) is 6.75. The zero-order valence-corrected chi connectivity index (χ0v) is 24.7. The summed E-state index contributed by atoms with van der Waals surface area (Å²) in [6, 6.07) is 11.2. The van der Waals surface area contributed by atoms with Gasteiger partial charge in [0.2, 0.25) is 21.8 Å². The molecule has 11 heteroatoms. The van der Waals surface area contributed by atoms with Crippen LogP contribution in [0.4, 0.5) is 5.69 Å². The van der Waals surface area contributed by atoms with Gasteiger partial charge in [-0.1, -0.05) is 72.3 Å². The van der Waals surface area contributed by atoms with Crippen molar-refractivity contribution in [3.05, 3.63) is 63.1 Å². The van der Waals surface area contributed by atoms with Crippen molar-refractivity contribution in [1.29, 1.82) is 0 Å². The first kappa shape index (κ1) is 30.5. The van der Waals surface area contributed by atoms with Crippen LogP contribution in [-0.2, 0) is 26.2 Å². The second-order valence-electron chi connectivity index (χ2n) is 9.67. The Balaban J connectivity index is 1.75. The Hall–Kier alpha value is -2.00. The van der Waals surface area contributed by atoms with Crippen LogP contribution in [-0.4, -0.2) is 50.0 Å². The van der Waals surface area contributed by atoms with Gasteiger partial charge in [0, 0.05) is 35.6 Å². The van der Waals surface area contributed by atoms with E-state index in [-0.39, 0.29) is 54.5 Å². The van der Waals surface area contributed by atoms with Gasteiger partial charge in [-0.05, 0) is 56.0 Å². The monoisotopic (exact) mass is 601 g/mol. The Bertz CT molecular complexity index is 1240. The van der Waals surface area contributed by atoms with Crippen molar-refractivity contribution in [1.82, 2.24) is 10.2 Å². The molecule has 1 aliphatic rings. The molecule has 208 valence electrons. The molecule has 2 amide bonds. The normalized spacial score (nSPS) is 15.1. The number of nitrogens with one attached hydrogen (secondary N) is 1. The van der Waals surface area contributed by atoms with Gasteiger partial charge >= 0.3 is 0 Å². The van der Waals surface area contributed by atoms with E-state index in [1.54, 1.807) is 25.1 Å². The van der Waals surface area contributed by atoms with Gasteiger partial charge in [0.05, 0.1) is 17.0 Å². The van der Waals surface area contributed by atoms with E-state index in [1.807, 2.05) is 12.1 Å². The highest BCUT2D eigenvalue weighted by atomic mass is 35.5. The minimum absolute atomic E-state index is 0.0211. The summed E-state index contributed by atoms with van der Waals surface area (Å²) in [5.74, 6) is -0.484. The minimum Gasteiger partial charge on any atom is -0.352 e. The summed E-state index contributed by atoms with van der Waals surface area (Å²) in [4.78, 5) is 28.1. The maximum Gasteiger partial charge on any atom is 0.242 e. The number of carbonyl (C=O) groups excluding carboxylic acids is 2. The maximum absolute atomic E-state index is 13.5. The van der Waals surface area contributed by atoms with E-state index in [4.69, 9.17) is 34.8 Å². The van der Waals surface area contributed by atoms with E-state index in [9.17, 15) is 18.0 Å². The molecule has 7 nitrogen and oxygen atoms in total. The number of nitrogens with zero attached hydrogens (tertiary/aromatic N) is 2. The predicted octanol–water partition coefficient (Wildman–Crippen LogP) is 6.06. The van der Waals surface area contributed by atoms with Crippen LogP contribution in [0, 0.1) is 0 Å². The molecule has 2 aromatic carbocycles. The molecule has 0 aromatic heterocycles. The van der Waals surface area contributed by atoms with E-state index in [0.717, 1.165) is 41.8 Å². The molecule has 1 unspecified atom stereocenters. The number of hydrogen-bond acceptors (Lipinski definition) is 4. The third-order valence-corrected chi connectivity index (χ3v) is 8.85. The van der Waals surface area contributed by atoms with Crippen LogP contribution >= 0.6 is 34.8 Å². The van der Waals surface area contributed by atoms with E-state index in [2.05, 4.69) is 5.32 Å². The van der Waals surface area contributed by atoms with Gasteiger partial charge in [0.15, 0.2) is 0 Å². The van der Waals surface area contributed by atoms with Gasteiger partial charge in [-0.25, -0.2) is 8.42 Å². The predicted molar refractivity (Wildman–Crippen MR) is 154 cm³/mol. The fraction of sp³-hybridized carbons (Fsp3) is 0.481. The topological polar surface area (TPSA) is 86.8 Å². The summed E-state index contributed by atoms with van der Waals surface area (Å²) in [5.41, 5.74) is 0.977. The van der Waals surface area contributed by atoms with Crippen molar-refractivity contribution < 1.29 is 18.0 Å². The third kappa shape index (κ3) is 8.50. The Labute approximate surface area is 240 Å². The number of benzene rings is 2. The summed E-state index contributed by atoms with van der Waals surface area (Å²) < 4.78 is 26.2. The van der Waals surface area contributed by atoms with Crippen molar-refractivity contribution in [3.8, 4) is 0 Å². The second kappa shape index (κ2) is 13.9. The number of amides is 2. The number of rotatable bonds is 11. The standard InChI is InChI=1S/C27H34Cl3N3O4S/c1-19(27(35)31-22-10-4-3-5-11-22)32(18-20-9-6-7-12-23(20)29)26(34)13-8-16-33(38(2,36)37)25-17-21(28)14-15-24(25)30/h6-7,9,12,14-15,17,19,22H,3-5,8,10-11,13,16,18H2,1-2H3,(H,31,35). The zero-order chi connectivity index (χ0) is 27.9. The Kier molecular flexibility index (Phi) is 11.2. The quantitative estimate of drug-likeness (QED) is 0.339. The first-order chi connectivity index (χ1) is 18.0. The lowest BCUT2D eigenvalue weighted by atomic mass is 9.95. The molecule has 1 saturated carbocycles. The van der Waals surface area contributed by atoms with E-state index in [1.165, 1.54) is 23.5 Å². The molecule has 1 fully saturated rings. The second-order valence-corrected chi connectivity index (χ2v) is 12.8. The molecule has 0 radical (unpaired) electrons. The average Bonchev–Trinajstić information content (AvgIpc) is 2.87. The summed E-state index contributed by atoms with van der Waals surface area (Å²) in [6.45, 7) is 1.89. The summed E-state index contributed by atoms with van der Waals surface area (Å²) in [6.07, 6.45) is 6.51. The van der Waals surface area contributed by atoms with Crippen LogP contribution in [0.3, 0.4) is 0 Å². The van der Waals surface area contributed by atoms with Gasteiger partial charge in [-0.2, -0.15) is 0 Å². The minimum atomic E-state index is -3.69. The Morgan fingerprint density at radius 1 is 1.03 bits per heavy atom. The summed E-state index contributed by atoms with van der Waals surface area (Å²) in [7, 11) is -3.69. The lowest BCUT2D eigenvalue weighted by Gasteiger charge is -2.32. The first-order valence-electron chi connectivity index (χ1n) is 12.7. The summed E-state index contributed by atoms with van der Waals surface area (Å²) >= 11 is 18.7. The lowest BCUT2D eigenvalue weighted by Crippen LogP contribution is -2.50. The highest BCUT2D eigenvalue weighted by Gasteiger charge is 2.29. The first-order valence-corrected chi connectivity index (χ1v) is 15.7. The fourth-order valence-electron chi connectivity index (χ4n) is 4.62. The van der Waals surface area contributed by atoms with Crippen LogP contribution in [0.5, 0.6) is 0 Å². The summed E-state index contributed by atoms with van der Waals surface area (Å²) in [5, 5.41) is 4.19. The molecule has 38 heavy (non-hydrogen) atoms. The zero-order valence-electron chi connectivity index (χ0n) is 21.6. The van der Waals surface area contributed by atoms with Crippen molar-refractivity contribution in [3.63, 3.8) is 0 Å². The number of carbonyl (C=O) groups is 2. The van der Waals surface area contributed by atoms with Gasteiger partial charge in [0.1, 0.15) is 6.04 Å². The number of anilines is 1. The van der Waals surface area contributed by atoms with E-state index >= 15 is 0 Å². The molecule has 1 atom stereocenters. The van der Waals surface area contributed by atoms with Gasteiger partial charge < -0.3 is 10.2 Å². The molecule has 0 aliphatic heterocycles. The van der Waals surface area contributed by atoms with Crippen LogP contribution in [0.2, 0.25) is 15.1 Å². The Morgan fingerprint density at radius 3 is 2.37 bits per heavy atom. The molecular formula is C27H34Cl3N3O4S. The van der Waals surface area contributed by atoms with E-state index in [0.29, 0.717) is 10.0 Å². The number of hydrogen-bond donors (Lipinski definition) is 1. The maximum atomic E-state index is 13.5. The van der Waals surface area contributed by atoms with E-state index < -0.39 is 16.1 Å². The van der Waals surface area contributed by atoms with Crippen LogP contribution in [0.25, 0.3) is 0 Å². The van der Waals surface area contributed by atoms with Crippen molar-refractivity contribution >= 4 is 62.3 Å².